The van der Waals surface area contributed by atoms with E-state index in [0.717, 1.165) is 6.42 Å². The molecule has 0 rings (SSSR count). The van der Waals surface area contributed by atoms with E-state index in [1.54, 1.807) is 0 Å². The molecule has 0 aliphatic carbocycles. The highest BCUT2D eigenvalue weighted by atomic mass is 28.4. The van der Waals surface area contributed by atoms with E-state index in [2.05, 4.69) is 39.8 Å². The van der Waals surface area contributed by atoms with Gasteiger partial charge >= 0.3 is 0 Å². The maximum Gasteiger partial charge on any atom is 0.249 e. The maximum atomic E-state index is 5.93. The van der Waals surface area contributed by atoms with Gasteiger partial charge in [-0.25, -0.2) is 0 Å². The molecule has 82 valence electrons. The van der Waals surface area contributed by atoms with Gasteiger partial charge in [0.15, 0.2) is 0 Å². The van der Waals surface area contributed by atoms with Crippen LogP contribution in [0.5, 0.6) is 0 Å². The van der Waals surface area contributed by atoms with Gasteiger partial charge in [0.25, 0.3) is 0 Å². The fourth-order valence-corrected chi connectivity index (χ4v) is 3.81. The summed E-state index contributed by atoms with van der Waals surface area (Å²) < 4.78 is 5.93. The van der Waals surface area contributed by atoms with Crippen LogP contribution in [0.1, 0.15) is 34.1 Å². The molecule has 0 atom stereocenters. The van der Waals surface area contributed by atoms with Crippen LogP contribution in [0.4, 0.5) is 0 Å². The molecule has 0 bridgehead atoms. The lowest BCUT2D eigenvalue weighted by atomic mass is 10.4. The SMILES string of the molecule is CCC=CC=CO[Si](CC)(CC)CC. The first kappa shape index (κ1) is 13.5. The third-order valence-corrected chi connectivity index (χ3v) is 7.31. The highest BCUT2D eigenvalue weighted by Gasteiger charge is 2.28. The van der Waals surface area contributed by atoms with Crippen molar-refractivity contribution in [1.29, 1.82) is 0 Å². The minimum absolute atomic E-state index is 1.09. The van der Waals surface area contributed by atoms with Crippen LogP contribution in [0.3, 0.4) is 0 Å². The van der Waals surface area contributed by atoms with Gasteiger partial charge in [0, 0.05) is 0 Å². The Balaban J connectivity index is 4.05. The summed E-state index contributed by atoms with van der Waals surface area (Å²) in [6.45, 7) is 8.87. The molecule has 14 heavy (non-hydrogen) atoms. The van der Waals surface area contributed by atoms with Crippen LogP contribution in [-0.2, 0) is 4.43 Å². The average molecular weight is 212 g/mol. The molecule has 0 aliphatic rings. The zero-order valence-corrected chi connectivity index (χ0v) is 11.0. The lowest BCUT2D eigenvalue weighted by Gasteiger charge is -2.26. The van der Waals surface area contributed by atoms with E-state index in [1.165, 1.54) is 18.1 Å². The van der Waals surface area contributed by atoms with E-state index in [4.69, 9.17) is 4.43 Å². The summed E-state index contributed by atoms with van der Waals surface area (Å²) in [7, 11) is -1.40. The summed E-state index contributed by atoms with van der Waals surface area (Å²) >= 11 is 0. The van der Waals surface area contributed by atoms with Gasteiger partial charge in [-0.2, -0.15) is 0 Å². The third kappa shape index (κ3) is 4.65. The molecular formula is C12H24OSi. The standard InChI is InChI=1S/C12H24OSi/c1-5-9-10-11-12-13-14(6-2,7-3)8-4/h9-12H,5-8H2,1-4H3. The Labute approximate surface area is 90.0 Å². The van der Waals surface area contributed by atoms with Crippen molar-refractivity contribution in [2.45, 2.75) is 52.2 Å². The van der Waals surface area contributed by atoms with Crippen LogP contribution in [0.2, 0.25) is 18.1 Å². The number of allylic oxidation sites excluding steroid dienone is 3. The van der Waals surface area contributed by atoms with Crippen LogP contribution in [0.15, 0.2) is 24.5 Å². The Morgan fingerprint density at radius 3 is 1.93 bits per heavy atom. The Kier molecular flexibility index (Phi) is 7.58. The van der Waals surface area contributed by atoms with Gasteiger partial charge in [0.05, 0.1) is 6.26 Å². The van der Waals surface area contributed by atoms with Crippen molar-refractivity contribution in [3.8, 4) is 0 Å². The van der Waals surface area contributed by atoms with Crippen LogP contribution >= 0.6 is 0 Å². The quantitative estimate of drug-likeness (QED) is 0.343. The maximum absolute atomic E-state index is 5.93. The lowest BCUT2D eigenvalue weighted by Crippen LogP contribution is -2.33. The summed E-state index contributed by atoms with van der Waals surface area (Å²) in [5, 5.41) is 0. The Hall–Kier alpha value is -0.503. The first-order valence-corrected chi connectivity index (χ1v) is 8.27. The van der Waals surface area contributed by atoms with Crippen LogP contribution in [-0.4, -0.2) is 8.32 Å². The molecule has 0 amide bonds. The number of rotatable bonds is 7. The van der Waals surface area contributed by atoms with Gasteiger partial charge in [0.1, 0.15) is 0 Å². The Morgan fingerprint density at radius 2 is 1.50 bits per heavy atom. The average Bonchev–Trinajstić information content (AvgIpc) is 2.24. The molecule has 0 saturated heterocycles. The largest absolute Gasteiger partial charge is 0.549 e. The van der Waals surface area contributed by atoms with Crippen molar-refractivity contribution in [3.63, 3.8) is 0 Å². The van der Waals surface area contributed by atoms with Gasteiger partial charge in [-0.15, -0.1) is 0 Å². The van der Waals surface area contributed by atoms with Crippen molar-refractivity contribution in [2.24, 2.45) is 0 Å². The van der Waals surface area contributed by atoms with Gasteiger partial charge in [0.2, 0.25) is 8.32 Å². The summed E-state index contributed by atoms with van der Waals surface area (Å²) in [6.07, 6.45) is 9.16. The minimum atomic E-state index is -1.40. The highest BCUT2D eigenvalue weighted by molar-refractivity contribution is 6.73. The van der Waals surface area contributed by atoms with E-state index in [9.17, 15) is 0 Å². The fraction of sp³-hybridized carbons (Fsp3) is 0.667. The summed E-state index contributed by atoms with van der Waals surface area (Å²) in [4.78, 5) is 0. The normalized spacial score (nSPS) is 12.9. The number of hydrogen-bond acceptors (Lipinski definition) is 1. The molecule has 1 nitrogen and oxygen atoms in total. The summed E-state index contributed by atoms with van der Waals surface area (Å²) in [5.41, 5.74) is 0. The van der Waals surface area contributed by atoms with Gasteiger partial charge in [-0.3, -0.25) is 0 Å². The molecule has 0 N–H and O–H groups in total. The Morgan fingerprint density at radius 1 is 0.929 bits per heavy atom. The van der Waals surface area contributed by atoms with Gasteiger partial charge in [-0.1, -0.05) is 39.8 Å². The molecule has 0 aromatic rings. The van der Waals surface area contributed by atoms with Gasteiger partial charge < -0.3 is 4.43 Å². The second-order valence-electron chi connectivity index (χ2n) is 3.53. The first-order valence-electron chi connectivity index (χ1n) is 5.74. The molecule has 0 saturated carbocycles. The molecule has 0 spiro atoms. The second-order valence-corrected chi connectivity index (χ2v) is 8.25. The molecule has 0 aromatic carbocycles. The smallest absolute Gasteiger partial charge is 0.249 e. The Bertz CT molecular complexity index is 172. The zero-order valence-electron chi connectivity index (χ0n) is 10.0. The van der Waals surface area contributed by atoms with Crippen LogP contribution < -0.4 is 0 Å². The first-order chi connectivity index (χ1) is 6.74. The van der Waals surface area contributed by atoms with Crippen molar-refractivity contribution < 1.29 is 4.43 Å². The summed E-state index contributed by atoms with van der Waals surface area (Å²) in [6, 6.07) is 3.63. The monoisotopic (exact) mass is 212 g/mol. The van der Waals surface area contributed by atoms with E-state index in [0.29, 0.717) is 0 Å². The molecule has 0 radical (unpaired) electrons. The molecular weight excluding hydrogens is 188 g/mol. The van der Waals surface area contributed by atoms with Gasteiger partial charge in [-0.05, 0) is 30.6 Å². The molecule has 0 heterocycles. The zero-order chi connectivity index (χ0) is 10.9. The topological polar surface area (TPSA) is 9.23 Å². The third-order valence-electron chi connectivity index (χ3n) is 2.81. The predicted molar refractivity (Wildman–Crippen MR) is 66.9 cm³/mol. The number of hydrogen-bond donors (Lipinski definition) is 0. The van der Waals surface area contributed by atoms with Crippen LogP contribution in [0, 0.1) is 0 Å². The fourth-order valence-electron chi connectivity index (χ4n) is 1.44. The predicted octanol–water partition coefficient (Wildman–Crippen LogP) is 4.49. The summed E-state index contributed by atoms with van der Waals surface area (Å²) in [5.74, 6) is 0. The highest BCUT2D eigenvalue weighted by Crippen LogP contribution is 2.21. The molecule has 0 unspecified atom stereocenters. The van der Waals surface area contributed by atoms with Crippen LogP contribution in [0.25, 0.3) is 0 Å². The molecule has 0 fully saturated rings. The minimum Gasteiger partial charge on any atom is -0.549 e. The van der Waals surface area contributed by atoms with E-state index < -0.39 is 8.32 Å². The molecule has 0 aliphatic heterocycles. The van der Waals surface area contributed by atoms with E-state index in [-0.39, 0.29) is 0 Å². The van der Waals surface area contributed by atoms with Crippen molar-refractivity contribution in [2.75, 3.05) is 0 Å². The van der Waals surface area contributed by atoms with E-state index >= 15 is 0 Å². The lowest BCUT2D eigenvalue weighted by molar-refractivity contribution is 0.458. The van der Waals surface area contributed by atoms with E-state index in [1.807, 2.05) is 12.3 Å². The molecule has 0 aromatic heterocycles. The van der Waals surface area contributed by atoms with Crippen molar-refractivity contribution in [1.82, 2.24) is 0 Å². The van der Waals surface area contributed by atoms with Crippen molar-refractivity contribution >= 4 is 8.32 Å². The molecule has 2 heteroatoms. The van der Waals surface area contributed by atoms with Crippen molar-refractivity contribution in [3.05, 3.63) is 24.5 Å². The second kappa shape index (κ2) is 7.86.